The minimum Gasteiger partial charge on any atom is -0.423 e. The molecule has 0 saturated carbocycles. The molecule has 1 aliphatic carbocycles. The fourth-order valence-corrected chi connectivity index (χ4v) is 3.44. The van der Waals surface area contributed by atoms with Crippen molar-refractivity contribution in [2.45, 2.75) is 12.8 Å². The van der Waals surface area contributed by atoms with Crippen molar-refractivity contribution in [1.29, 1.82) is 0 Å². The van der Waals surface area contributed by atoms with Crippen molar-refractivity contribution in [3.05, 3.63) is 103 Å². The van der Waals surface area contributed by atoms with Crippen LogP contribution < -0.4 is 10.4 Å². The summed E-state index contributed by atoms with van der Waals surface area (Å²) < 4.78 is 0. The Bertz CT molecular complexity index is 977. The Hall–Kier alpha value is -3.08. The lowest BCUT2D eigenvalue weighted by atomic mass is 9.80. The molecular weight excluding hydrogens is 345 g/mol. The highest BCUT2D eigenvalue weighted by molar-refractivity contribution is 6.58. The van der Waals surface area contributed by atoms with Gasteiger partial charge in [-0.15, -0.1) is 0 Å². The molecule has 0 bridgehead atoms. The summed E-state index contributed by atoms with van der Waals surface area (Å²) in [7, 11) is -1.46. The van der Waals surface area contributed by atoms with E-state index in [0.29, 0.717) is 5.46 Å². The quantitative estimate of drug-likeness (QED) is 0.657. The first kappa shape index (κ1) is 18.3. The smallest absolute Gasteiger partial charge is 0.423 e. The van der Waals surface area contributed by atoms with Crippen LogP contribution in [0.15, 0.2) is 103 Å². The molecule has 1 aliphatic rings. The van der Waals surface area contributed by atoms with Gasteiger partial charge in [0.05, 0.1) is 0 Å². The normalized spacial score (nSPS) is 13.1. The van der Waals surface area contributed by atoms with Gasteiger partial charge in [-0.25, -0.2) is 0 Å². The second kappa shape index (κ2) is 8.30. The van der Waals surface area contributed by atoms with E-state index in [1.165, 1.54) is 11.1 Å². The highest BCUT2D eigenvalue weighted by Crippen LogP contribution is 2.33. The fraction of sp³-hybridized carbons (Fsp3) is 0.0833. The predicted octanol–water partition coefficient (Wildman–Crippen LogP) is 4.41. The molecule has 0 saturated heterocycles. The lowest BCUT2D eigenvalue weighted by Gasteiger charge is -2.28. The van der Waals surface area contributed by atoms with Crippen LogP contribution in [0, 0.1) is 0 Å². The van der Waals surface area contributed by atoms with Gasteiger partial charge in [0.25, 0.3) is 0 Å². The van der Waals surface area contributed by atoms with Crippen molar-refractivity contribution in [1.82, 2.24) is 0 Å². The monoisotopic (exact) mass is 367 g/mol. The van der Waals surface area contributed by atoms with Gasteiger partial charge in [-0.1, -0.05) is 66.7 Å². The molecule has 0 amide bonds. The first-order valence-electron chi connectivity index (χ1n) is 9.51. The van der Waals surface area contributed by atoms with E-state index in [4.69, 9.17) is 0 Å². The molecule has 4 heteroatoms. The number of hydrogen-bond donors (Lipinski definition) is 2. The van der Waals surface area contributed by atoms with E-state index in [9.17, 15) is 10.0 Å². The Morgan fingerprint density at radius 3 is 1.86 bits per heavy atom. The number of allylic oxidation sites excluding steroid dienone is 3. The third kappa shape index (κ3) is 3.93. The molecule has 3 aromatic carbocycles. The molecule has 138 valence electrons. The van der Waals surface area contributed by atoms with Crippen molar-refractivity contribution in [2.75, 3.05) is 4.90 Å². The minimum absolute atomic E-state index is 0.483. The zero-order chi connectivity index (χ0) is 19.3. The Kier molecular flexibility index (Phi) is 5.42. The molecule has 0 spiro atoms. The van der Waals surface area contributed by atoms with Gasteiger partial charge in [-0.05, 0) is 59.8 Å². The van der Waals surface area contributed by atoms with Crippen LogP contribution in [0.25, 0.3) is 11.1 Å². The summed E-state index contributed by atoms with van der Waals surface area (Å²) in [6, 6.07) is 26.2. The SMILES string of the molecule is OB(O)c1ccc(N(C2=CCCC=C2)c2ccc(-c3ccccc3)cc2)cc1. The number of hydrogen-bond acceptors (Lipinski definition) is 3. The molecule has 28 heavy (non-hydrogen) atoms. The third-order valence-corrected chi connectivity index (χ3v) is 4.92. The lowest BCUT2D eigenvalue weighted by Crippen LogP contribution is -2.29. The molecule has 0 fully saturated rings. The van der Waals surface area contributed by atoms with Gasteiger partial charge in [0.15, 0.2) is 0 Å². The predicted molar refractivity (Wildman–Crippen MR) is 117 cm³/mol. The van der Waals surface area contributed by atoms with E-state index in [2.05, 4.69) is 59.5 Å². The molecule has 2 N–H and O–H groups in total. The van der Waals surface area contributed by atoms with Crippen LogP contribution in [-0.2, 0) is 0 Å². The van der Waals surface area contributed by atoms with Gasteiger partial charge in [0.2, 0.25) is 0 Å². The second-order valence-electron chi connectivity index (χ2n) is 6.82. The number of nitrogens with zero attached hydrogens (tertiary/aromatic N) is 1. The Morgan fingerprint density at radius 1 is 0.679 bits per heavy atom. The van der Waals surface area contributed by atoms with Crippen molar-refractivity contribution in [2.24, 2.45) is 0 Å². The van der Waals surface area contributed by atoms with Crippen LogP contribution in [0.2, 0.25) is 0 Å². The number of benzene rings is 3. The summed E-state index contributed by atoms with van der Waals surface area (Å²) in [4.78, 5) is 2.19. The Morgan fingerprint density at radius 2 is 1.29 bits per heavy atom. The summed E-state index contributed by atoms with van der Waals surface area (Å²) in [6.45, 7) is 0. The minimum atomic E-state index is -1.46. The molecule has 0 aliphatic heterocycles. The molecule has 0 radical (unpaired) electrons. The topological polar surface area (TPSA) is 43.7 Å². The van der Waals surface area contributed by atoms with E-state index >= 15 is 0 Å². The number of rotatable bonds is 5. The van der Waals surface area contributed by atoms with E-state index in [-0.39, 0.29) is 0 Å². The van der Waals surface area contributed by atoms with Crippen molar-refractivity contribution >= 4 is 24.0 Å². The molecule has 4 rings (SSSR count). The Labute approximate surface area is 166 Å². The van der Waals surface area contributed by atoms with Gasteiger partial charge < -0.3 is 14.9 Å². The van der Waals surface area contributed by atoms with Gasteiger partial charge in [0.1, 0.15) is 0 Å². The summed E-state index contributed by atoms with van der Waals surface area (Å²) in [5, 5.41) is 18.8. The average Bonchev–Trinajstić information content (AvgIpc) is 2.76. The molecule has 0 aromatic heterocycles. The van der Waals surface area contributed by atoms with Crippen molar-refractivity contribution in [3.63, 3.8) is 0 Å². The zero-order valence-corrected chi connectivity index (χ0v) is 15.6. The van der Waals surface area contributed by atoms with E-state index in [1.54, 1.807) is 12.1 Å². The highest BCUT2D eigenvalue weighted by atomic mass is 16.4. The molecule has 3 nitrogen and oxygen atoms in total. The fourth-order valence-electron chi connectivity index (χ4n) is 3.44. The third-order valence-electron chi connectivity index (χ3n) is 4.92. The van der Waals surface area contributed by atoms with Crippen LogP contribution in [0.3, 0.4) is 0 Å². The maximum Gasteiger partial charge on any atom is 0.488 e. The van der Waals surface area contributed by atoms with Crippen molar-refractivity contribution in [3.8, 4) is 11.1 Å². The molecule has 3 aromatic rings. The maximum absolute atomic E-state index is 9.38. The van der Waals surface area contributed by atoms with Crippen LogP contribution in [0.4, 0.5) is 11.4 Å². The first-order valence-corrected chi connectivity index (χ1v) is 9.51. The maximum atomic E-state index is 9.38. The molecule has 0 heterocycles. The number of anilines is 2. The summed E-state index contributed by atoms with van der Waals surface area (Å²) in [6.07, 6.45) is 8.63. The van der Waals surface area contributed by atoms with E-state index in [0.717, 1.165) is 29.9 Å². The highest BCUT2D eigenvalue weighted by Gasteiger charge is 2.16. The van der Waals surface area contributed by atoms with Crippen LogP contribution in [0.5, 0.6) is 0 Å². The molecule has 0 unspecified atom stereocenters. The second-order valence-corrected chi connectivity index (χ2v) is 6.82. The molecular formula is C24H22BNO2. The average molecular weight is 367 g/mol. The summed E-state index contributed by atoms with van der Waals surface area (Å²) in [5.41, 5.74) is 6.02. The summed E-state index contributed by atoms with van der Waals surface area (Å²) >= 11 is 0. The van der Waals surface area contributed by atoms with Gasteiger partial charge in [0, 0.05) is 17.1 Å². The van der Waals surface area contributed by atoms with Gasteiger partial charge in [-0.2, -0.15) is 0 Å². The zero-order valence-electron chi connectivity index (χ0n) is 15.6. The van der Waals surface area contributed by atoms with E-state index < -0.39 is 7.12 Å². The van der Waals surface area contributed by atoms with Crippen LogP contribution in [0.1, 0.15) is 12.8 Å². The largest absolute Gasteiger partial charge is 0.488 e. The standard InChI is InChI=1S/C24H22BNO2/c27-25(28)21-13-17-24(18-14-21)26(22-9-5-2-6-10-22)23-15-11-20(12-16-23)19-7-3-1-4-8-19/h1,3-5,7-18,27-28H,2,6H2. The first-order chi connectivity index (χ1) is 13.7. The van der Waals surface area contributed by atoms with Crippen molar-refractivity contribution < 1.29 is 10.0 Å². The molecule has 0 atom stereocenters. The summed E-state index contributed by atoms with van der Waals surface area (Å²) in [5.74, 6) is 0. The van der Waals surface area contributed by atoms with Gasteiger partial charge >= 0.3 is 7.12 Å². The van der Waals surface area contributed by atoms with Crippen LogP contribution >= 0.6 is 0 Å². The van der Waals surface area contributed by atoms with Gasteiger partial charge in [-0.3, -0.25) is 0 Å². The Balaban J connectivity index is 1.71. The lowest BCUT2D eigenvalue weighted by molar-refractivity contribution is 0.426. The van der Waals surface area contributed by atoms with Crippen LogP contribution in [-0.4, -0.2) is 17.2 Å². The van der Waals surface area contributed by atoms with E-state index in [1.807, 2.05) is 30.3 Å².